The molecule has 2 aromatic heterocycles. The predicted molar refractivity (Wildman–Crippen MR) is 118 cm³/mol. The topological polar surface area (TPSA) is 73.6 Å². The van der Waals surface area contributed by atoms with Gasteiger partial charge in [0.25, 0.3) is 0 Å². The number of aromatic nitrogens is 2. The van der Waals surface area contributed by atoms with E-state index in [2.05, 4.69) is 9.72 Å². The molecule has 0 saturated heterocycles. The molecule has 4 aromatic rings. The summed E-state index contributed by atoms with van der Waals surface area (Å²) in [7, 11) is 0. The third-order valence-electron chi connectivity index (χ3n) is 4.88. The van der Waals surface area contributed by atoms with Crippen LogP contribution in [-0.2, 0) is 17.8 Å². The van der Waals surface area contributed by atoms with Gasteiger partial charge in [-0.25, -0.2) is 4.98 Å². The number of carboxylic acid groups (broad SMARTS) is 1. The molecule has 2 heterocycles. The molecule has 4 rings (SSSR count). The monoisotopic (exact) mass is 476 g/mol. The normalized spacial score (nSPS) is 11.6. The first-order valence-electron chi connectivity index (χ1n) is 9.94. The van der Waals surface area contributed by atoms with Crippen LogP contribution in [0.1, 0.15) is 10.6 Å². The van der Waals surface area contributed by atoms with Gasteiger partial charge in [-0.15, -0.1) is 24.5 Å². The summed E-state index contributed by atoms with van der Waals surface area (Å²) in [6, 6.07) is 13.0. The van der Waals surface area contributed by atoms with Gasteiger partial charge in [-0.2, -0.15) is 0 Å². The SMILES string of the molecule is Cc1nc(-c2ccc(OC(F)(F)F)cc2)sc1CCOc1ccc2ccn(CC(=O)O)c2c1. The summed E-state index contributed by atoms with van der Waals surface area (Å²) in [5.41, 5.74) is 2.32. The number of halogens is 3. The minimum Gasteiger partial charge on any atom is -0.493 e. The summed E-state index contributed by atoms with van der Waals surface area (Å²) < 4.78 is 48.4. The molecule has 6 nitrogen and oxygen atoms in total. The summed E-state index contributed by atoms with van der Waals surface area (Å²) in [4.78, 5) is 16.6. The number of alkyl halides is 3. The second kappa shape index (κ2) is 9.14. The van der Waals surface area contributed by atoms with Crippen molar-refractivity contribution in [3.63, 3.8) is 0 Å². The highest BCUT2D eigenvalue weighted by Gasteiger charge is 2.31. The minimum absolute atomic E-state index is 0.126. The van der Waals surface area contributed by atoms with Gasteiger partial charge in [0, 0.05) is 29.1 Å². The van der Waals surface area contributed by atoms with Gasteiger partial charge in [-0.1, -0.05) is 0 Å². The Morgan fingerprint density at radius 3 is 2.55 bits per heavy atom. The number of rotatable bonds is 8. The molecule has 1 N–H and O–H groups in total. The number of hydrogen-bond donors (Lipinski definition) is 1. The van der Waals surface area contributed by atoms with E-state index in [-0.39, 0.29) is 12.3 Å². The number of ether oxygens (including phenoxy) is 2. The fraction of sp³-hybridized carbons (Fsp3) is 0.217. The van der Waals surface area contributed by atoms with Crippen LogP contribution in [0, 0.1) is 6.92 Å². The smallest absolute Gasteiger partial charge is 0.493 e. The van der Waals surface area contributed by atoms with Crippen molar-refractivity contribution in [1.82, 2.24) is 9.55 Å². The summed E-state index contributed by atoms with van der Waals surface area (Å²) in [5, 5.41) is 10.7. The molecule has 0 unspecified atom stereocenters. The number of carboxylic acids is 1. The number of hydrogen-bond acceptors (Lipinski definition) is 5. The molecule has 2 aromatic carbocycles. The lowest BCUT2D eigenvalue weighted by Gasteiger charge is -2.08. The van der Waals surface area contributed by atoms with E-state index in [0.29, 0.717) is 29.3 Å². The van der Waals surface area contributed by atoms with Crippen molar-refractivity contribution < 1.29 is 32.5 Å². The largest absolute Gasteiger partial charge is 0.573 e. The van der Waals surface area contributed by atoms with E-state index < -0.39 is 12.3 Å². The number of thiazole rings is 1. The van der Waals surface area contributed by atoms with Crippen LogP contribution in [0.4, 0.5) is 13.2 Å². The maximum absolute atomic E-state index is 12.3. The van der Waals surface area contributed by atoms with Crippen molar-refractivity contribution in [2.45, 2.75) is 26.3 Å². The van der Waals surface area contributed by atoms with Crippen LogP contribution < -0.4 is 9.47 Å². The van der Waals surface area contributed by atoms with Crippen molar-refractivity contribution in [2.24, 2.45) is 0 Å². The van der Waals surface area contributed by atoms with Gasteiger partial charge >= 0.3 is 12.3 Å². The Hall–Kier alpha value is -3.53. The average Bonchev–Trinajstić information content (AvgIpc) is 3.30. The minimum atomic E-state index is -4.73. The van der Waals surface area contributed by atoms with Crippen LogP contribution >= 0.6 is 11.3 Å². The van der Waals surface area contributed by atoms with Crippen LogP contribution in [0.2, 0.25) is 0 Å². The molecule has 0 aliphatic heterocycles. The van der Waals surface area contributed by atoms with Crippen molar-refractivity contribution in [1.29, 1.82) is 0 Å². The van der Waals surface area contributed by atoms with E-state index in [1.165, 1.54) is 23.5 Å². The number of benzene rings is 2. The molecule has 0 bridgehead atoms. The molecular weight excluding hydrogens is 457 g/mol. The van der Waals surface area contributed by atoms with Crippen LogP contribution in [0.25, 0.3) is 21.5 Å². The van der Waals surface area contributed by atoms with Gasteiger partial charge in [0.2, 0.25) is 0 Å². The first-order chi connectivity index (χ1) is 15.7. The zero-order chi connectivity index (χ0) is 23.6. The van der Waals surface area contributed by atoms with E-state index in [9.17, 15) is 18.0 Å². The van der Waals surface area contributed by atoms with Gasteiger partial charge < -0.3 is 19.1 Å². The van der Waals surface area contributed by atoms with E-state index in [1.807, 2.05) is 31.2 Å². The third kappa shape index (κ3) is 5.64. The molecule has 10 heteroatoms. The molecule has 0 spiro atoms. The van der Waals surface area contributed by atoms with Gasteiger partial charge in [-0.05, 0) is 54.8 Å². The number of carbonyl (C=O) groups is 1. The first kappa shape index (κ1) is 22.7. The standard InChI is InChI=1S/C23H19F3N2O4S/c1-14-20(33-22(27-14)16-3-5-17(6-4-16)32-23(24,25)26)9-11-31-18-7-2-15-8-10-28(13-21(29)30)19(15)12-18/h2-8,10,12H,9,11,13H2,1H3,(H,29,30). The number of fused-ring (bicyclic) bond motifs is 1. The Morgan fingerprint density at radius 2 is 1.85 bits per heavy atom. The Kier molecular flexibility index (Phi) is 6.28. The summed E-state index contributed by atoms with van der Waals surface area (Å²) in [6.45, 7) is 2.15. The fourth-order valence-corrected chi connectivity index (χ4v) is 4.43. The quantitative estimate of drug-likeness (QED) is 0.354. The molecule has 0 radical (unpaired) electrons. The summed E-state index contributed by atoms with van der Waals surface area (Å²) in [6.07, 6.45) is -2.39. The molecular formula is C23H19F3N2O4S. The first-order valence-corrected chi connectivity index (χ1v) is 10.8. The lowest BCUT2D eigenvalue weighted by molar-refractivity contribution is -0.274. The van der Waals surface area contributed by atoms with Gasteiger partial charge in [0.15, 0.2) is 0 Å². The second-order valence-electron chi connectivity index (χ2n) is 7.26. The lowest BCUT2D eigenvalue weighted by atomic mass is 10.2. The van der Waals surface area contributed by atoms with E-state index in [4.69, 9.17) is 9.84 Å². The highest BCUT2D eigenvalue weighted by Crippen LogP contribution is 2.31. The van der Waals surface area contributed by atoms with Gasteiger partial charge in [0.05, 0.1) is 17.8 Å². The highest BCUT2D eigenvalue weighted by atomic mass is 32.1. The second-order valence-corrected chi connectivity index (χ2v) is 8.34. The van der Waals surface area contributed by atoms with Crippen LogP contribution in [0.15, 0.2) is 54.7 Å². The van der Waals surface area contributed by atoms with Gasteiger partial charge in [0.1, 0.15) is 23.1 Å². The Morgan fingerprint density at radius 1 is 1.12 bits per heavy atom. The third-order valence-corrected chi connectivity index (χ3v) is 6.14. The highest BCUT2D eigenvalue weighted by molar-refractivity contribution is 7.15. The zero-order valence-corrected chi connectivity index (χ0v) is 18.2. The van der Waals surface area contributed by atoms with E-state index in [1.54, 1.807) is 22.9 Å². The molecule has 0 amide bonds. The number of aliphatic carboxylic acids is 1. The maximum Gasteiger partial charge on any atom is 0.573 e. The summed E-state index contributed by atoms with van der Waals surface area (Å²) in [5.74, 6) is -0.562. The molecule has 0 atom stereocenters. The molecule has 33 heavy (non-hydrogen) atoms. The van der Waals surface area contributed by atoms with Crippen molar-refractivity contribution in [3.8, 4) is 22.1 Å². The Bertz CT molecular complexity index is 1280. The Labute approximate surface area is 190 Å². The molecule has 172 valence electrons. The Balaban J connectivity index is 1.40. The van der Waals surface area contributed by atoms with Crippen molar-refractivity contribution in [3.05, 3.63) is 65.3 Å². The van der Waals surface area contributed by atoms with Crippen LogP contribution in [0.3, 0.4) is 0 Å². The lowest BCUT2D eigenvalue weighted by Crippen LogP contribution is -2.16. The van der Waals surface area contributed by atoms with Crippen LogP contribution in [0.5, 0.6) is 11.5 Å². The maximum atomic E-state index is 12.3. The number of nitrogens with zero attached hydrogens (tertiary/aromatic N) is 2. The van der Waals surface area contributed by atoms with E-state index in [0.717, 1.165) is 21.5 Å². The fourth-order valence-electron chi connectivity index (χ4n) is 3.38. The van der Waals surface area contributed by atoms with E-state index >= 15 is 0 Å². The number of aryl methyl sites for hydroxylation is 1. The average molecular weight is 476 g/mol. The van der Waals surface area contributed by atoms with Gasteiger partial charge in [-0.3, -0.25) is 4.79 Å². The predicted octanol–water partition coefficient (Wildman–Crippen LogP) is 5.68. The summed E-state index contributed by atoms with van der Waals surface area (Å²) >= 11 is 1.46. The van der Waals surface area contributed by atoms with Crippen LogP contribution in [-0.4, -0.2) is 33.6 Å². The zero-order valence-electron chi connectivity index (χ0n) is 17.4. The molecule has 0 saturated carbocycles. The molecule has 0 aliphatic rings. The molecule has 0 fully saturated rings. The van der Waals surface area contributed by atoms with Crippen molar-refractivity contribution in [2.75, 3.05) is 6.61 Å². The molecule has 0 aliphatic carbocycles. The van der Waals surface area contributed by atoms with Crippen molar-refractivity contribution >= 4 is 28.2 Å².